The molecule has 0 saturated heterocycles. The first-order valence-corrected chi connectivity index (χ1v) is 7.87. The zero-order chi connectivity index (χ0) is 14.5. The maximum absolute atomic E-state index is 13.5. The minimum absolute atomic E-state index is 0.142. The van der Waals surface area contributed by atoms with Gasteiger partial charge < -0.3 is 10.2 Å². The van der Waals surface area contributed by atoms with Crippen LogP contribution in [0.1, 0.15) is 45.6 Å². The molecule has 1 N–H and O–H groups in total. The van der Waals surface area contributed by atoms with Gasteiger partial charge >= 0.3 is 0 Å². The highest BCUT2D eigenvalue weighted by Crippen LogP contribution is 2.32. The molecule has 112 valence electrons. The molecular weight excluding hydrogens is 251 g/mol. The van der Waals surface area contributed by atoms with Crippen molar-refractivity contribution in [1.82, 2.24) is 5.32 Å². The Balaban J connectivity index is 2.16. The molecule has 0 bridgehead atoms. The van der Waals surface area contributed by atoms with Gasteiger partial charge in [0.2, 0.25) is 0 Å². The first-order chi connectivity index (χ1) is 9.60. The third kappa shape index (κ3) is 4.48. The van der Waals surface area contributed by atoms with Crippen LogP contribution in [0.5, 0.6) is 0 Å². The summed E-state index contributed by atoms with van der Waals surface area (Å²) in [6.45, 7) is 9.34. The summed E-state index contributed by atoms with van der Waals surface area (Å²) in [6.07, 6.45) is 3.82. The number of rotatable bonds is 8. The van der Waals surface area contributed by atoms with Crippen LogP contribution in [0.25, 0.3) is 0 Å². The van der Waals surface area contributed by atoms with Crippen LogP contribution in [0.15, 0.2) is 18.2 Å². The highest BCUT2D eigenvalue weighted by molar-refractivity contribution is 5.54. The molecule has 1 fully saturated rings. The average Bonchev–Trinajstić information content (AvgIpc) is 3.20. The molecule has 2 rings (SSSR count). The minimum Gasteiger partial charge on any atom is -0.371 e. The summed E-state index contributed by atoms with van der Waals surface area (Å²) in [5, 5.41) is 3.40. The summed E-state index contributed by atoms with van der Waals surface area (Å²) in [5.41, 5.74) is 2.28. The van der Waals surface area contributed by atoms with E-state index in [1.807, 2.05) is 6.07 Å². The lowest BCUT2D eigenvalue weighted by Crippen LogP contribution is -2.29. The fourth-order valence-electron chi connectivity index (χ4n) is 2.51. The molecule has 0 spiro atoms. The Morgan fingerprint density at radius 2 is 2.10 bits per heavy atom. The van der Waals surface area contributed by atoms with Crippen LogP contribution >= 0.6 is 0 Å². The zero-order valence-corrected chi connectivity index (χ0v) is 13.0. The smallest absolute Gasteiger partial charge is 0.123 e. The number of hydrogen-bond acceptors (Lipinski definition) is 2. The molecule has 0 aliphatic heterocycles. The molecule has 0 heterocycles. The van der Waals surface area contributed by atoms with E-state index in [0.717, 1.165) is 37.5 Å². The fraction of sp³-hybridized carbons (Fsp3) is 0.647. The van der Waals surface area contributed by atoms with Crippen LogP contribution in [0.3, 0.4) is 0 Å². The monoisotopic (exact) mass is 278 g/mol. The van der Waals surface area contributed by atoms with Gasteiger partial charge in [0.05, 0.1) is 0 Å². The summed E-state index contributed by atoms with van der Waals surface area (Å²) < 4.78 is 13.5. The minimum atomic E-state index is -0.142. The maximum Gasteiger partial charge on any atom is 0.123 e. The lowest BCUT2D eigenvalue weighted by Gasteiger charge is -2.27. The Bertz CT molecular complexity index is 427. The predicted octanol–water partition coefficient (Wildman–Crippen LogP) is 3.95. The van der Waals surface area contributed by atoms with Crippen molar-refractivity contribution in [3.05, 3.63) is 29.6 Å². The lowest BCUT2D eigenvalue weighted by molar-refractivity contribution is 0.579. The maximum atomic E-state index is 13.5. The number of nitrogens with zero attached hydrogens (tertiary/aromatic N) is 1. The summed E-state index contributed by atoms with van der Waals surface area (Å²) in [6, 6.07) is 5.63. The van der Waals surface area contributed by atoms with Crippen LogP contribution in [0, 0.1) is 11.7 Å². The molecule has 2 nitrogen and oxygen atoms in total. The van der Waals surface area contributed by atoms with Crippen molar-refractivity contribution >= 4 is 5.69 Å². The van der Waals surface area contributed by atoms with E-state index in [-0.39, 0.29) is 5.82 Å². The van der Waals surface area contributed by atoms with E-state index in [9.17, 15) is 4.39 Å². The van der Waals surface area contributed by atoms with Crippen LogP contribution < -0.4 is 10.2 Å². The summed E-state index contributed by atoms with van der Waals surface area (Å²) in [5.74, 6) is 0.703. The number of nitrogens with one attached hydrogen (secondary N) is 1. The molecule has 1 aliphatic carbocycles. The van der Waals surface area contributed by atoms with Gasteiger partial charge in [-0.2, -0.15) is 0 Å². The second-order valence-corrected chi connectivity index (χ2v) is 6.20. The molecule has 0 unspecified atom stereocenters. The van der Waals surface area contributed by atoms with Gasteiger partial charge in [-0.15, -0.1) is 0 Å². The van der Waals surface area contributed by atoms with E-state index < -0.39 is 0 Å². The Labute approximate surface area is 122 Å². The van der Waals surface area contributed by atoms with Gasteiger partial charge in [-0.25, -0.2) is 4.39 Å². The Kier molecular flexibility index (Phi) is 5.41. The summed E-state index contributed by atoms with van der Waals surface area (Å²) >= 11 is 0. The van der Waals surface area contributed by atoms with Gasteiger partial charge in [0.25, 0.3) is 0 Å². The molecular formula is C17H27FN2. The third-order valence-electron chi connectivity index (χ3n) is 3.75. The predicted molar refractivity (Wildman–Crippen MR) is 83.6 cm³/mol. The van der Waals surface area contributed by atoms with Crippen LogP contribution in [0.4, 0.5) is 10.1 Å². The average molecular weight is 278 g/mol. The largest absolute Gasteiger partial charge is 0.371 e. The van der Waals surface area contributed by atoms with Crippen molar-refractivity contribution in [2.45, 2.75) is 52.6 Å². The van der Waals surface area contributed by atoms with Gasteiger partial charge in [0, 0.05) is 31.4 Å². The number of hydrogen-bond donors (Lipinski definition) is 1. The Morgan fingerprint density at radius 3 is 2.70 bits per heavy atom. The highest BCUT2D eigenvalue weighted by atomic mass is 19.1. The van der Waals surface area contributed by atoms with Crippen molar-refractivity contribution in [1.29, 1.82) is 0 Å². The molecule has 1 aliphatic rings. The molecule has 1 aromatic carbocycles. The van der Waals surface area contributed by atoms with E-state index in [0.29, 0.717) is 6.04 Å². The van der Waals surface area contributed by atoms with Crippen molar-refractivity contribution in [3.8, 4) is 0 Å². The molecule has 0 aromatic heterocycles. The van der Waals surface area contributed by atoms with E-state index in [1.54, 1.807) is 12.1 Å². The lowest BCUT2D eigenvalue weighted by atomic mass is 10.1. The van der Waals surface area contributed by atoms with E-state index in [2.05, 4.69) is 31.0 Å². The number of anilines is 1. The normalized spacial score (nSPS) is 14.8. The molecule has 20 heavy (non-hydrogen) atoms. The Hall–Kier alpha value is -1.09. The molecule has 0 atom stereocenters. The van der Waals surface area contributed by atoms with Crippen LogP contribution in [0.2, 0.25) is 0 Å². The SMILES string of the molecule is CCCN(CC1CC1)c1ccc(F)cc1CNC(C)C. The van der Waals surface area contributed by atoms with E-state index in [1.165, 1.54) is 18.5 Å². The quantitative estimate of drug-likeness (QED) is 0.774. The standard InChI is InChI=1S/C17H27FN2/c1-4-9-20(12-14-5-6-14)17-8-7-16(18)10-15(17)11-19-13(2)3/h7-8,10,13-14,19H,4-6,9,11-12H2,1-3H3. The Morgan fingerprint density at radius 1 is 1.35 bits per heavy atom. The van der Waals surface area contributed by atoms with Gasteiger partial charge in [-0.1, -0.05) is 20.8 Å². The van der Waals surface area contributed by atoms with Crippen molar-refractivity contribution in [3.63, 3.8) is 0 Å². The first-order valence-electron chi connectivity index (χ1n) is 7.87. The van der Waals surface area contributed by atoms with Gasteiger partial charge in [0.1, 0.15) is 5.82 Å². The number of halogens is 1. The van der Waals surface area contributed by atoms with Crippen molar-refractivity contribution in [2.75, 3.05) is 18.0 Å². The molecule has 1 aromatic rings. The number of benzene rings is 1. The molecule has 0 amide bonds. The van der Waals surface area contributed by atoms with Gasteiger partial charge in [-0.05, 0) is 48.9 Å². The second-order valence-electron chi connectivity index (χ2n) is 6.20. The first kappa shape index (κ1) is 15.3. The van der Waals surface area contributed by atoms with Crippen molar-refractivity contribution in [2.24, 2.45) is 5.92 Å². The highest BCUT2D eigenvalue weighted by Gasteiger charge is 2.25. The van der Waals surface area contributed by atoms with Crippen LogP contribution in [-0.2, 0) is 6.54 Å². The molecule has 0 radical (unpaired) electrons. The summed E-state index contributed by atoms with van der Waals surface area (Å²) in [4.78, 5) is 2.44. The topological polar surface area (TPSA) is 15.3 Å². The molecule has 1 saturated carbocycles. The molecule has 3 heteroatoms. The third-order valence-corrected chi connectivity index (χ3v) is 3.75. The summed E-state index contributed by atoms with van der Waals surface area (Å²) in [7, 11) is 0. The van der Waals surface area contributed by atoms with Gasteiger partial charge in [-0.3, -0.25) is 0 Å². The van der Waals surface area contributed by atoms with E-state index >= 15 is 0 Å². The zero-order valence-electron chi connectivity index (χ0n) is 13.0. The second kappa shape index (κ2) is 7.07. The fourth-order valence-corrected chi connectivity index (χ4v) is 2.51. The van der Waals surface area contributed by atoms with Crippen LogP contribution in [-0.4, -0.2) is 19.1 Å². The van der Waals surface area contributed by atoms with Gasteiger partial charge in [0.15, 0.2) is 0 Å². The van der Waals surface area contributed by atoms with E-state index in [4.69, 9.17) is 0 Å². The van der Waals surface area contributed by atoms with Crippen molar-refractivity contribution < 1.29 is 4.39 Å².